The molecule has 1 atom stereocenters. The van der Waals surface area contributed by atoms with E-state index < -0.39 is 0 Å². The summed E-state index contributed by atoms with van der Waals surface area (Å²) in [5.41, 5.74) is 2.06. The number of rotatable bonds is 6. The van der Waals surface area contributed by atoms with Gasteiger partial charge in [-0.3, -0.25) is 9.69 Å². The Morgan fingerprint density at radius 3 is 3.04 bits per heavy atom. The van der Waals surface area contributed by atoms with Crippen LogP contribution in [0.4, 0.5) is 0 Å². The second kappa shape index (κ2) is 8.22. The number of carbonyl (C=O) groups is 1. The molecule has 3 aromatic rings. The minimum Gasteiger partial charge on any atom is -0.468 e. The van der Waals surface area contributed by atoms with E-state index in [1.165, 1.54) is 0 Å². The molecule has 0 aliphatic carbocycles. The number of nitrogens with zero attached hydrogens (tertiary/aromatic N) is 3. The Labute approximate surface area is 158 Å². The van der Waals surface area contributed by atoms with E-state index in [4.69, 9.17) is 4.42 Å². The van der Waals surface area contributed by atoms with Gasteiger partial charge in [0.25, 0.3) is 0 Å². The van der Waals surface area contributed by atoms with Crippen LogP contribution in [0.1, 0.15) is 24.2 Å². The van der Waals surface area contributed by atoms with Crippen LogP contribution < -0.4 is 5.32 Å². The number of nitrogens with one attached hydrogen (secondary N) is 1. The summed E-state index contributed by atoms with van der Waals surface area (Å²) >= 11 is 0. The van der Waals surface area contributed by atoms with Crippen LogP contribution >= 0.6 is 0 Å². The van der Waals surface area contributed by atoms with Gasteiger partial charge in [0.2, 0.25) is 5.91 Å². The second-order valence-corrected chi connectivity index (χ2v) is 6.99. The van der Waals surface area contributed by atoms with Gasteiger partial charge >= 0.3 is 0 Å². The highest BCUT2D eigenvalue weighted by Gasteiger charge is 2.26. The Morgan fingerprint density at radius 1 is 1.26 bits per heavy atom. The molecule has 27 heavy (non-hydrogen) atoms. The van der Waals surface area contributed by atoms with Gasteiger partial charge < -0.3 is 9.73 Å². The number of aromatic nitrogens is 2. The van der Waals surface area contributed by atoms with Gasteiger partial charge in [-0.25, -0.2) is 4.68 Å². The number of amides is 1. The fourth-order valence-corrected chi connectivity index (χ4v) is 3.60. The largest absolute Gasteiger partial charge is 0.468 e. The van der Waals surface area contributed by atoms with E-state index in [1.54, 1.807) is 12.5 Å². The van der Waals surface area contributed by atoms with Crippen molar-refractivity contribution < 1.29 is 9.21 Å². The molecule has 1 amide bonds. The van der Waals surface area contributed by atoms with Gasteiger partial charge in [-0.15, -0.1) is 0 Å². The second-order valence-electron chi connectivity index (χ2n) is 6.99. The molecule has 0 radical (unpaired) electrons. The maximum Gasteiger partial charge on any atom is 0.224 e. The zero-order chi connectivity index (χ0) is 18.5. The van der Waals surface area contributed by atoms with Crippen molar-refractivity contribution in [2.45, 2.75) is 25.9 Å². The summed E-state index contributed by atoms with van der Waals surface area (Å²) in [4.78, 5) is 15.0. The maximum absolute atomic E-state index is 12.7. The van der Waals surface area contributed by atoms with Gasteiger partial charge in [0.05, 0.1) is 24.4 Å². The number of carbonyl (C=O) groups excluding carboxylic acids is 1. The van der Waals surface area contributed by atoms with Gasteiger partial charge in [0, 0.05) is 25.5 Å². The third-order valence-electron chi connectivity index (χ3n) is 4.98. The molecule has 1 aromatic carbocycles. The smallest absolute Gasteiger partial charge is 0.224 e. The van der Waals surface area contributed by atoms with Crippen LogP contribution in [0.2, 0.25) is 0 Å². The summed E-state index contributed by atoms with van der Waals surface area (Å²) in [5, 5.41) is 7.35. The summed E-state index contributed by atoms with van der Waals surface area (Å²) in [6.07, 6.45) is 7.33. The Bertz CT molecular complexity index is 858. The van der Waals surface area contributed by atoms with Crippen LogP contribution in [0.15, 0.2) is 65.5 Å². The number of benzene rings is 1. The Kier molecular flexibility index (Phi) is 5.34. The van der Waals surface area contributed by atoms with E-state index >= 15 is 0 Å². The van der Waals surface area contributed by atoms with Crippen LogP contribution in [0.3, 0.4) is 0 Å². The van der Waals surface area contributed by atoms with Gasteiger partial charge in [0.15, 0.2) is 0 Å². The van der Waals surface area contributed by atoms with Gasteiger partial charge in [-0.1, -0.05) is 12.1 Å². The SMILES string of the molecule is O=C(NCc1cccc(-n2cccn2)c1)[C@H]1CCCN(Cc2ccco2)C1. The van der Waals surface area contributed by atoms with Crippen molar-refractivity contribution in [3.05, 3.63) is 72.4 Å². The number of hydrogen-bond donors (Lipinski definition) is 1. The molecule has 1 saturated heterocycles. The van der Waals surface area contributed by atoms with E-state index in [0.717, 1.165) is 49.5 Å². The van der Waals surface area contributed by atoms with Crippen LogP contribution in [-0.2, 0) is 17.9 Å². The Balaban J connectivity index is 1.32. The molecular formula is C21H24N4O2. The molecule has 1 N–H and O–H groups in total. The predicted molar refractivity (Wildman–Crippen MR) is 102 cm³/mol. The summed E-state index contributed by atoms with van der Waals surface area (Å²) < 4.78 is 7.25. The maximum atomic E-state index is 12.7. The lowest BCUT2D eigenvalue weighted by Crippen LogP contribution is -2.42. The molecule has 0 unspecified atom stereocenters. The van der Waals surface area contributed by atoms with Crippen molar-refractivity contribution in [2.24, 2.45) is 5.92 Å². The average molecular weight is 364 g/mol. The number of hydrogen-bond acceptors (Lipinski definition) is 4. The molecule has 1 aliphatic heterocycles. The highest BCUT2D eigenvalue weighted by Crippen LogP contribution is 2.19. The molecule has 6 heteroatoms. The minimum absolute atomic E-state index is 0.0306. The monoisotopic (exact) mass is 364 g/mol. The van der Waals surface area contributed by atoms with E-state index in [1.807, 2.05) is 47.3 Å². The quantitative estimate of drug-likeness (QED) is 0.730. The number of piperidine rings is 1. The third kappa shape index (κ3) is 4.46. The van der Waals surface area contributed by atoms with Crippen molar-refractivity contribution in [1.29, 1.82) is 0 Å². The lowest BCUT2D eigenvalue weighted by molar-refractivity contribution is -0.127. The summed E-state index contributed by atoms with van der Waals surface area (Å²) in [5.74, 6) is 1.11. The van der Waals surface area contributed by atoms with Gasteiger partial charge in [-0.05, 0) is 55.3 Å². The molecule has 6 nitrogen and oxygen atoms in total. The molecule has 3 heterocycles. The molecule has 2 aromatic heterocycles. The van der Waals surface area contributed by atoms with Gasteiger partial charge in [0.1, 0.15) is 5.76 Å². The zero-order valence-electron chi connectivity index (χ0n) is 15.3. The molecule has 0 saturated carbocycles. The minimum atomic E-state index is 0.0306. The van der Waals surface area contributed by atoms with Crippen molar-refractivity contribution in [1.82, 2.24) is 20.0 Å². The average Bonchev–Trinajstić information content (AvgIpc) is 3.41. The molecule has 1 fully saturated rings. The van der Waals surface area contributed by atoms with Crippen LogP contribution in [0, 0.1) is 5.92 Å². The summed E-state index contributed by atoms with van der Waals surface area (Å²) in [6, 6.07) is 13.9. The van der Waals surface area contributed by atoms with Crippen molar-refractivity contribution in [3.8, 4) is 5.69 Å². The highest BCUT2D eigenvalue weighted by molar-refractivity contribution is 5.79. The predicted octanol–water partition coefficient (Wildman–Crippen LogP) is 2.99. The van der Waals surface area contributed by atoms with Crippen molar-refractivity contribution in [2.75, 3.05) is 13.1 Å². The normalized spacial score (nSPS) is 17.7. The van der Waals surface area contributed by atoms with E-state index in [2.05, 4.69) is 21.4 Å². The standard InChI is InChI=1S/C21H24N4O2/c26-21(18-6-2-10-24(15-18)16-20-8-3-12-27-20)22-14-17-5-1-7-19(13-17)25-11-4-9-23-25/h1,3-5,7-9,11-13,18H,2,6,10,14-16H2,(H,22,26)/t18-/m0/s1. The van der Waals surface area contributed by atoms with Crippen LogP contribution in [0.5, 0.6) is 0 Å². The van der Waals surface area contributed by atoms with Crippen LogP contribution in [-0.4, -0.2) is 33.7 Å². The summed E-state index contributed by atoms with van der Waals surface area (Å²) in [6.45, 7) is 3.08. The molecular weight excluding hydrogens is 340 g/mol. The lowest BCUT2D eigenvalue weighted by Gasteiger charge is -2.31. The fourth-order valence-electron chi connectivity index (χ4n) is 3.60. The first-order valence-corrected chi connectivity index (χ1v) is 9.39. The van der Waals surface area contributed by atoms with Crippen LogP contribution in [0.25, 0.3) is 5.69 Å². The molecule has 1 aliphatic rings. The van der Waals surface area contributed by atoms with E-state index in [-0.39, 0.29) is 11.8 Å². The zero-order valence-corrected chi connectivity index (χ0v) is 15.3. The highest BCUT2D eigenvalue weighted by atomic mass is 16.3. The molecule has 4 rings (SSSR count). The first kappa shape index (κ1) is 17.5. The first-order chi connectivity index (χ1) is 13.3. The van der Waals surface area contributed by atoms with E-state index in [9.17, 15) is 4.79 Å². The number of furan rings is 1. The molecule has 140 valence electrons. The fraction of sp³-hybridized carbons (Fsp3) is 0.333. The van der Waals surface area contributed by atoms with E-state index in [0.29, 0.717) is 6.54 Å². The topological polar surface area (TPSA) is 63.3 Å². The Hall–Kier alpha value is -2.86. The molecule has 0 bridgehead atoms. The number of likely N-dealkylation sites (tertiary alicyclic amines) is 1. The van der Waals surface area contributed by atoms with Crippen molar-refractivity contribution in [3.63, 3.8) is 0 Å². The Morgan fingerprint density at radius 2 is 2.22 bits per heavy atom. The first-order valence-electron chi connectivity index (χ1n) is 9.39. The van der Waals surface area contributed by atoms with Gasteiger partial charge in [-0.2, -0.15) is 5.10 Å². The lowest BCUT2D eigenvalue weighted by atomic mass is 9.97. The molecule has 0 spiro atoms. The third-order valence-corrected chi connectivity index (χ3v) is 4.98. The summed E-state index contributed by atoms with van der Waals surface area (Å²) in [7, 11) is 0. The van der Waals surface area contributed by atoms with Crippen molar-refractivity contribution >= 4 is 5.91 Å².